The largest absolute Gasteiger partial charge is 0.507 e. The number of hydrazone groups is 1. The molecule has 3 aromatic carbocycles. The van der Waals surface area contributed by atoms with Gasteiger partial charge in [0.05, 0.1) is 11.1 Å². The number of aromatic hydroxyl groups is 1. The van der Waals surface area contributed by atoms with Crippen molar-refractivity contribution in [2.45, 2.75) is 0 Å². The van der Waals surface area contributed by atoms with E-state index in [0.29, 0.717) is 16.8 Å². The molecule has 3 rings (SSSR count). The summed E-state index contributed by atoms with van der Waals surface area (Å²) in [6, 6.07) is 16.2. The summed E-state index contributed by atoms with van der Waals surface area (Å²) in [5.41, 5.74) is 3.44. The van der Waals surface area contributed by atoms with Crippen LogP contribution in [0.2, 0.25) is 0 Å². The summed E-state index contributed by atoms with van der Waals surface area (Å²) in [5, 5.41) is 27.0. The molecule has 0 aliphatic carbocycles. The Morgan fingerprint density at radius 2 is 1.74 bits per heavy atom. The Morgan fingerprint density at radius 3 is 2.45 bits per heavy atom. The number of halogens is 1. The minimum Gasteiger partial charge on any atom is -0.507 e. The predicted octanol–water partition coefficient (Wildman–Crippen LogP) is 4.08. The van der Waals surface area contributed by atoms with Gasteiger partial charge in [0.15, 0.2) is 0 Å². The summed E-state index contributed by atoms with van der Waals surface area (Å²) in [6.45, 7) is 0. The van der Waals surface area contributed by atoms with Gasteiger partial charge >= 0.3 is 0 Å². The van der Waals surface area contributed by atoms with E-state index in [1.54, 1.807) is 12.1 Å². The van der Waals surface area contributed by atoms with Gasteiger partial charge in [0.25, 0.3) is 17.5 Å². The summed E-state index contributed by atoms with van der Waals surface area (Å²) in [5.74, 6) is -0.980. The minimum atomic E-state index is -0.579. The highest BCUT2D eigenvalue weighted by molar-refractivity contribution is 9.10. The van der Waals surface area contributed by atoms with Crippen LogP contribution in [0.25, 0.3) is 0 Å². The van der Waals surface area contributed by atoms with E-state index in [-0.39, 0.29) is 17.0 Å². The zero-order valence-electron chi connectivity index (χ0n) is 15.8. The molecule has 0 spiro atoms. The van der Waals surface area contributed by atoms with E-state index in [0.717, 1.165) is 4.47 Å². The third kappa shape index (κ3) is 5.73. The summed E-state index contributed by atoms with van der Waals surface area (Å²) < 4.78 is 0.751. The number of benzene rings is 3. The van der Waals surface area contributed by atoms with E-state index in [1.807, 2.05) is 0 Å². The molecule has 3 aromatic rings. The lowest BCUT2D eigenvalue weighted by atomic mass is 10.1. The fourth-order valence-electron chi connectivity index (χ4n) is 2.52. The van der Waals surface area contributed by atoms with Crippen molar-refractivity contribution in [1.82, 2.24) is 5.43 Å². The van der Waals surface area contributed by atoms with Crippen LogP contribution in [0.5, 0.6) is 5.75 Å². The Labute approximate surface area is 184 Å². The maximum atomic E-state index is 12.3. The number of nitro groups is 1. The van der Waals surface area contributed by atoms with Crippen LogP contribution in [0.15, 0.2) is 76.3 Å². The third-order valence-corrected chi connectivity index (χ3v) is 4.58. The highest BCUT2D eigenvalue weighted by Gasteiger charge is 2.12. The lowest BCUT2D eigenvalue weighted by Crippen LogP contribution is -2.18. The molecule has 0 unspecified atom stereocenters. The minimum absolute atomic E-state index is 0.0186. The van der Waals surface area contributed by atoms with Crippen molar-refractivity contribution in [2.24, 2.45) is 5.10 Å². The molecule has 10 heteroatoms. The number of hydrogen-bond acceptors (Lipinski definition) is 6. The van der Waals surface area contributed by atoms with Crippen molar-refractivity contribution in [1.29, 1.82) is 0 Å². The van der Waals surface area contributed by atoms with Gasteiger partial charge in [-0.3, -0.25) is 19.7 Å². The highest BCUT2D eigenvalue weighted by Crippen LogP contribution is 2.20. The van der Waals surface area contributed by atoms with Gasteiger partial charge in [-0.1, -0.05) is 22.0 Å². The number of anilines is 1. The van der Waals surface area contributed by atoms with Gasteiger partial charge in [0.2, 0.25) is 0 Å². The van der Waals surface area contributed by atoms with Crippen LogP contribution in [0, 0.1) is 10.1 Å². The maximum absolute atomic E-state index is 12.3. The summed E-state index contributed by atoms with van der Waals surface area (Å²) in [7, 11) is 0. The molecular weight excluding hydrogens is 468 g/mol. The molecule has 9 nitrogen and oxygen atoms in total. The zero-order valence-corrected chi connectivity index (χ0v) is 17.4. The molecule has 0 aromatic heterocycles. The Hall–Kier alpha value is -4.05. The number of carbonyl (C=O) groups excluding carboxylic acids is 2. The molecule has 31 heavy (non-hydrogen) atoms. The van der Waals surface area contributed by atoms with E-state index in [9.17, 15) is 24.8 Å². The molecule has 0 saturated carbocycles. The van der Waals surface area contributed by atoms with Gasteiger partial charge in [-0.05, 0) is 48.5 Å². The van der Waals surface area contributed by atoms with Gasteiger partial charge in [0.1, 0.15) is 5.75 Å². The average Bonchev–Trinajstić information content (AvgIpc) is 2.76. The number of nitrogens with zero attached hydrogens (tertiary/aromatic N) is 2. The van der Waals surface area contributed by atoms with Gasteiger partial charge in [0, 0.05) is 39.0 Å². The SMILES string of the molecule is O=C(N/N=C\c1cc(Br)ccc1O)c1ccc(NC(=O)c2cccc([N+](=O)[O-])c2)cc1. The van der Waals surface area contributed by atoms with E-state index in [2.05, 4.69) is 31.8 Å². The van der Waals surface area contributed by atoms with Crippen molar-refractivity contribution in [3.05, 3.63) is 98.0 Å². The van der Waals surface area contributed by atoms with Crippen molar-refractivity contribution in [2.75, 3.05) is 5.32 Å². The Bertz CT molecular complexity index is 1180. The van der Waals surface area contributed by atoms with E-state index in [4.69, 9.17) is 0 Å². The Morgan fingerprint density at radius 1 is 1.00 bits per heavy atom. The van der Waals surface area contributed by atoms with Gasteiger partial charge in [-0.25, -0.2) is 5.43 Å². The van der Waals surface area contributed by atoms with Crippen molar-refractivity contribution in [3.63, 3.8) is 0 Å². The first-order chi connectivity index (χ1) is 14.8. The summed E-state index contributed by atoms with van der Waals surface area (Å²) in [6.07, 6.45) is 1.31. The van der Waals surface area contributed by atoms with Crippen LogP contribution in [0.3, 0.4) is 0 Å². The topological polar surface area (TPSA) is 134 Å². The predicted molar refractivity (Wildman–Crippen MR) is 118 cm³/mol. The monoisotopic (exact) mass is 482 g/mol. The normalized spacial score (nSPS) is 10.6. The third-order valence-electron chi connectivity index (χ3n) is 4.08. The first kappa shape index (κ1) is 21.7. The van der Waals surface area contributed by atoms with Gasteiger partial charge in [-0.2, -0.15) is 5.10 Å². The van der Waals surface area contributed by atoms with Crippen molar-refractivity contribution < 1.29 is 19.6 Å². The maximum Gasteiger partial charge on any atom is 0.271 e. The number of nitrogens with one attached hydrogen (secondary N) is 2. The standard InChI is InChI=1S/C21H15BrN4O5/c22-16-6-9-19(27)15(10-16)12-23-25-21(29)13-4-7-17(8-5-13)24-20(28)14-2-1-3-18(11-14)26(30)31/h1-12,27H,(H,24,28)(H,25,29)/b23-12-. The van der Waals surface area contributed by atoms with Crippen molar-refractivity contribution in [3.8, 4) is 5.75 Å². The fourth-order valence-corrected chi connectivity index (χ4v) is 2.90. The Kier molecular flexibility index (Phi) is 6.73. The number of non-ortho nitro benzene ring substituents is 1. The molecule has 0 saturated heterocycles. The molecule has 0 fully saturated rings. The van der Waals surface area contributed by atoms with Gasteiger partial charge < -0.3 is 10.4 Å². The average molecular weight is 483 g/mol. The number of nitro benzene ring substituents is 1. The molecule has 0 aliphatic rings. The van der Waals surface area contributed by atoms with E-state index in [1.165, 1.54) is 60.8 Å². The number of rotatable bonds is 6. The number of phenols is 1. The second-order valence-corrected chi connectivity index (χ2v) is 7.16. The van der Waals surface area contributed by atoms with Crippen LogP contribution in [0.4, 0.5) is 11.4 Å². The van der Waals surface area contributed by atoms with Crippen LogP contribution in [-0.4, -0.2) is 28.1 Å². The molecule has 156 valence electrons. The quantitative estimate of drug-likeness (QED) is 0.276. The van der Waals surface area contributed by atoms with Crippen molar-refractivity contribution >= 4 is 45.3 Å². The molecule has 0 heterocycles. The second-order valence-electron chi connectivity index (χ2n) is 6.24. The molecule has 3 N–H and O–H groups in total. The van der Waals surface area contributed by atoms with Crippen LogP contribution < -0.4 is 10.7 Å². The number of carbonyl (C=O) groups is 2. The molecule has 0 atom stereocenters. The smallest absolute Gasteiger partial charge is 0.271 e. The molecule has 0 bridgehead atoms. The molecular formula is C21H15BrN4O5. The fraction of sp³-hybridized carbons (Fsp3) is 0. The van der Waals surface area contributed by atoms with Crippen LogP contribution in [-0.2, 0) is 0 Å². The lowest BCUT2D eigenvalue weighted by molar-refractivity contribution is -0.384. The second kappa shape index (κ2) is 9.63. The molecule has 0 aliphatic heterocycles. The van der Waals surface area contributed by atoms with Gasteiger partial charge in [-0.15, -0.1) is 0 Å². The first-order valence-corrected chi connectivity index (χ1v) is 9.60. The molecule has 2 amide bonds. The van der Waals surface area contributed by atoms with E-state index >= 15 is 0 Å². The Balaban J connectivity index is 1.61. The number of hydrogen-bond donors (Lipinski definition) is 3. The summed E-state index contributed by atoms with van der Waals surface area (Å²) in [4.78, 5) is 34.7. The zero-order chi connectivity index (χ0) is 22.4. The van der Waals surface area contributed by atoms with E-state index < -0.39 is 16.7 Å². The first-order valence-electron chi connectivity index (χ1n) is 8.81. The van der Waals surface area contributed by atoms with Crippen LogP contribution in [0.1, 0.15) is 26.3 Å². The molecule has 0 radical (unpaired) electrons. The lowest BCUT2D eigenvalue weighted by Gasteiger charge is -2.06. The summed E-state index contributed by atoms with van der Waals surface area (Å²) >= 11 is 3.28. The van der Waals surface area contributed by atoms with Crippen LogP contribution >= 0.6 is 15.9 Å². The number of phenolic OH excluding ortho intramolecular Hbond substituents is 1. The number of amides is 2. The highest BCUT2D eigenvalue weighted by atomic mass is 79.9.